The molecular weight excluding hydrogens is 190 g/mol. The summed E-state index contributed by atoms with van der Waals surface area (Å²) in [4.78, 5) is 0. The van der Waals surface area contributed by atoms with E-state index in [2.05, 4.69) is 10.2 Å². The summed E-state index contributed by atoms with van der Waals surface area (Å²) in [5.41, 5.74) is 8.37. The van der Waals surface area contributed by atoms with E-state index in [1.807, 2.05) is 35.6 Å². The third-order valence-electron chi connectivity index (χ3n) is 2.34. The summed E-state index contributed by atoms with van der Waals surface area (Å²) in [6.45, 7) is 5.76. The zero-order valence-electron chi connectivity index (χ0n) is 9.01. The molecule has 0 aliphatic heterocycles. The molecule has 0 bridgehead atoms. The number of rotatable bonds is 3. The molecule has 0 aromatic carbocycles. The van der Waals surface area contributed by atoms with Crippen LogP contribution in [0.5, 0.6) is 0 Å². The van der Waals surface area contributed by atoms with Gasteiger partial charge in [-0.1, -0.05) is 0 Å². The third-order valence-corrected chi connectivity index (χ3v) is 2.34. The highest BCUT2D eigenvalue weighted by Crippen LogP contribution is 2.23. The molecule has 2 aromatic rings. The smallest absolute Gasteiger partial charge is 0.118 e. The number of nitrogen functional groups attached to an aromatic ring is 1. The summed E-state index contributed by atoms with van der Waals surface area (Å²) in [7, 11) is 0. The maximum atomic E-state index is 5.88. The Bertz CT molecular complexity index is 454. The second-order valence-electron chi connectivity index (χ2n) is 3.37. The number of aromatic nitrogens is 4. The largest absolute Gasteiger partial charge is 0.396 e. The van der Waals surface area contributed by atoms with Gasteiger partial charge in [-0.3, -0.25) is 9.36 Å². The van der Waals surface area contributed by atoms with E-state index in [4.69, 9.17) is 5.73 Å². The van der Waals surface area contributed by atoms with Gasteiger partial charge in [-0.25, -0.2) is 0 Å². The van der Waals surface area contributed by atoms with Crippen LogP contribution in [0.15, 0.2) is 18.6 Å². The number of nitrogens with two attached hydrogens (primary N) is 1. The molecule has 0 unspecified atom stereocenters. The van der Waals surface area contributed by atoms with E-state index in [9.17, 15) is 0 Å². The van der Waals surface area contributed by atoms with Crippen molar-refractivity contribution in [2.24, 2.45) is 0 Å². The highest BCUT2D eigenvalue weighted by atomic mass is 15.3. The van der Waals surface area contributed by atoms with Gasteiger partial charge in [0.15, 0.2) is 0 Å². The van der Waals surface area contributed by atoms with Crippen molar-refractivity contribution in [2.45, 2.75) is 26.9 Å². The minimum absolute atomic E-state index is 0.701. The normalized spacial score (nSPS) is 10.8. The summed E-state index contributed by atoms with van der Waals surface area (Å²) in [6.07, 6.45) is 5.60. The Morgan fingerprint density at radius 3 is 2.47 bits per heavy atom. The van der Waals surface area contributed by atoms with Crippen LogP contribution in [0, 0.1) is 0 Å². The lowest BCUT2D eigenvalue weighted by Crippen LogP contribution is -1.94. The molecule has 0 fully saturated rings. The number of aryl methyl sites for hydroxylation is 2. The highest BCUT2D eigenvalue weighted by Gasteiger charge is 2.09. The summed E-state index contributed by atoms with van der Waals surface area (Å²) in [5.74, 6) is 0. The van der Waals surface area contributed by atoms with Crippen LogP contribution in [-0.4, -0.2) is 19.6 Å². The second kappa shape index (κ2) is 3.76. The minimum atomic E-state index is 0.701. The number of nitrogens with zero attached hydrogens (tertiary/aromatic N) is 4. The summed E-state index contributed by atoms with van der Waals surface area (Å²) in [6, 6.07) is 0. The number of hydrogen-bond acceptors (Lipinski definition) is 3. The van der Waals surface area contributed by atoms with Crippen molar-refractivity contribution in [1.29, 1.82) is 0 Å². The third kappa shape index (κ3) is 1.72. The second-order valence-corrected chi connectivity index (χ2v) is 3.37. The van der Waals surface area contributed by atoms with E-state index in [0.717, 1.165) is 24.3 Å². The van der Waals surface area contributed by atoms with Gasteiger partial charge in [0.25, 0.3) is 0 Å². The first-order valence-electron chi connectivity index (χ1n) is 5.10. The predicted molar refractivity (Wildman–Crippen MR) is 59.2 cm³/mol. The quantitative estimate of drug-likeness (QED) is 0.823. The molecule has 0 radical (unpaired) electrons. The molecule has 2 rings (SSSR count). The first kappa shape index (κ1) is 9.76. The monoisotopic (exact) mass is 205 g/mol. The molecule has 5 heteroatoms. The molecule has 0 aliphatic rings. The predicted octanol–water partition coefficient (Wildman–Crippen LogP) is 1.37. The molecule has 2 aromatic heterocycles. The van der Waals surface area contributed by atoms with E-state index in [-0.39, 0.29) is 0 Å². The van der Waals surface area contributed by atoms with Gasteiger partial charge in [0.2, 0.25) is 0 Å². The summed E-state index contributed by atoms with van der Waals surface area (Å²) < 4.78 is 3.69. The maximum absolute atomic E-state index is 5.88. The maximum Gasteiger partial charge on any atom is 0.118 e. The van der Waals surface area contributed by atoms with Crippen molar-refractivity contribution in [1.82, 2.24) is 19.6 Å². The number of anilines is 1. The Morgan fingerprint density at radius 1 is 1.20 bits per heavy atom. The Kier molecular flexibility index (Phi) is 2.45. The Morgan fingerprint density at radius 2 is 1.93 bits per heavy atom. The van der Waals surface area contributed by atoms with Crippen LogP contribution in [0.1, 0.15) is 13.8 Å². The molecule has 15 heavy (non-hydrogen) atoms. The molecule has 80 valence electrons. The fourth-order valence-electron chi connectivity index (χ4n) is 1.48. The lowest BCUT2D eigenvalue weighted by molar-refractivity contribution is 0.658. The average molecular weight is 205 g/mol. The van der Waals surface area contributed by atoms with Crippen molar-refractivity contribution in [3.63, 3.8) is 0 Å². The molecule has 0 spiro atoms. The molecule has 0 saturated carbocycles. The van der Waals surface area contributed by atoms with E-state index in [1.165, 1.54) is 0 Å². The van der Waals surface area contributed by atoms with Gasteiger partial charge in [-0.05, 0) is 13.8 Å². The van der Waals surface area contributed by atoms with Gasteiger partial charge in [0.1, 0.15) is 5.69 Å². The van der Waals surface area contributed by atoms with Gasteiger partial charge >= 0.3 is 0 Å². The molecule has 0 atom stereocenters. The minimum Gasteiger partial charge on any atom is -0.396 e. The zero-order chi connectivity index (χ0) is 10.8. The Labute approximate surface area is 88.5 Å². The van der Waals surface area contributed by atoms with Crippen LogP contribution < -0.4 is 5.73 Å². The topological polar surface area (TPSA) is 61.7 Å². The van der Waals surface area contributed by atoms with E-state index in [1.54, 1.807) is 6.20 Å². The molecule has 0 aliphatic carbocycles. The fourth-order valence-corrected chi connectivity index (χ4v) is 1.48. The van der Waals surface area contributed by atoms with Crippen LogP contribution in [0.2, 0.25) is 0 Å². The van der Waals surface area contributed by atoms with Gasteiger partial charge in [0.05, 0.1) is 11.9 Å². The van der Waals surface area contributed by atoms with Gasteiger partial charge in [-0.15, -0.1) is 0 Å². The van der Waals surface area contributed by atoms with Crippen LogP contribution in [0.4, 0.5) is 5.69 Å². The lowest BCUT2D eigenvalue weighted by atomic mass is 10.2. The van der Waals surface area contributed by atoms with Crippen LogP contribution >= 0.6 is 0 Å². The first-order chi connectivity index (χ1) is 7.24. The van der Waals surface area contributed by atoms with Crippen LogP contribution in [0.3, 0.4) is 0 Å². The van der Waals surface area contributed by atoms with E-state index < -0.39 is 0 Å². The molecule has 0 saturated heterocycles. The van der Waals surface area contributed by atoms with Crippen molar-refractivity contribution in [3.8, 4) is 11.3 Å². The van der Waals surface area contributed by atoms with Crippen LogP contribution in [0.25, 0.3) is 11.3 Å². The van der Waals surface area contributed by atoms with Crippen molar-refractivity contribution >= 4 is 5.69 Å². The SMILES string of the molecule is CCn1cc(-c2nn(CC)cc2N)cn1. The Hall–Kier alpha value is -1.78. The lowest BCUT2D eigenvalue weighted by Gasteiger charge is -1.93. The molecular formula is C10H15N5. The van der Waals surface area contributed by atoms with Crippen LogP contribution in [-0.2, 0) is 13.1 Å². The van der Waals surface area contributed by atoms with Gasteiger partial charge < -0.3 is 5.73 Å². The Balaban J connectivity index is 2.39. The van der Waals surface area contributed by atoms with Crippen molar-refractivity contribution in [3.05, 3.63) is 18.6 Å². The summed E-state index contributed by atoms with van der Waals surface area (Å²) >= 11 is 0. The van der Waals surface area contributed by atoms with Crippen molar-refractivity contribution in [2.75, 3.05) is 5.73 Å². The van der Waals surface area contributed by atoms with Crippen molar-refractivity contribution < 1.29 is 0 Å². The standard InChI is InChI=1S/C10H15N5/c1-3-14-6-8(5-12-14)10-9(11)7-15(4-2)13-10/h5-7H,3-4,11H2,1-2H3. The fraction of sp³-hybridized carbons (Fsp3) is 0.400. The average Bonchev–Trinajstić information content (AvgIpc) is 2.83. The highest BCUT2D eigenvalue weighted by molar-refractivity contribution is 5.70. The van der Waals surface area contributed by atoms with Gasteiger partial charge in [0, 0.05) is 31.0 Å². The van der Waals surface area contributed by atoms with E-state index in [0.29, 0.717) is 5.69 Å². The summed E-state index contributed by atoms with van der Waals surface area (Å²) in [5, 5.41) is 8.58. The van der Waals surface area contributed by atoms with Gasteiger partial charge in [-0.2, -0.15) is 10.2 Å². The zero-order valence-corrected chi connectivity index (χ0v) is 9.01. The molecule has 2 N–H and O–H groups in total. The molecule has 5 nitrogen and oxygen atoms in total. The first-order valence-corrected chi connectivity index (χ1v) is 5.10. The molecule has 2 heterocycles. The molecule has 0 amide bonds. The number of hydrogen-bond donors (Lipinski definition) is 1. The van der Waals surface area contributed by atoms with E-state index >= 15 is 0 Å².